The minimum Gasteiger partial charge on any atom is -0.468 e. The van der Waals surface area contributed by atoms with Crippen LogP contribution < -0.4 is 5.32 Å². The lowest BCUT2D eigenvalue weighted by molar-refractivity contribution is -0.142. The topological polar surface area (TPSA) is 38.3 Å². The van der Waals surface area contributed by atoms with Crippen molar-refractivity contribution in [2.45, 2.75) is 51.6 Å². The van der Waals surface area contributed by atoms with E-state index in [1.165, 1.54) is 32.8 Å². The van der Waals surface area contributed by atoms with Crippen molar-refractivity contribution >= 4 is 5.97 Å². The highest BCUT2D eigenvalue weighted by atomic mass is 16.5. The smallest absolute Gasteiger partial charge is 0.322 e. The van der Waals surface area contributed by atoms with Gasteiger partial charge in [0.1, 0.15) is 6.04 Å². The maximum absolute atomic E-state index is 11.2. The van der Waals surface area contributed by atoms with Crippen LogP contribution in [0, 0.1) is 5.92 Å². The van der Waals surface area contributed by atoms with Gasteiger partial charge in [-0.2, -0.15) is 0 Å². The summed E-state index contributed by atoms with van der Waals surface area (Å²) < 4.78 is 4.68. The molecule has 82 valence electrons. The molecule has 14 heavy (non-hydrogen) atoms. The number of esters is 1. The Balaban J connectivity index is 2.32. The first-order valence-electron chi connectivity index (χ1n) is 5.47. The second-order valence-electron chi connectivity index (χ2n) is 4.38. The third-order valence-corrected chi connectivity index (χ3v) is 2.98. The summed E-state index contributed by atoms with van der Waals surface area (Å²) in [5.41, 5.74) is 0. The molecule has 0 aromatic heterocycles. The highest BCUT2D eigenvalue weighted by Gasteiger charge is 2.22. The number of carbonyl (C=O) groups is 1. The van der Waals surface area contributed by atoms with Crippen LogP contribution in [0.2, 0.25) is 0 Å². The number of nitrogens with one attached hydrogen (secondary N) is 1. The Kier molecular flexibility index (Phi) is 4.39. The molecule has 0 aromatic carbocycles. The minimum absolute atomic E-state index is 0.164. The molecule has 0 radical (unpaired) electrons. The zero-order valence-corrected chi connectivity index (χ0v) is 9.38. The molecule has 0 heterocycles. The molecule has 0 saturated heterocycles. The maximum atomic E-state index is 11.2. The summed E-state index contributed by atoms with van der Waals surface area (Å²) >= 11 is 0. The average Bonchev–Trinajstić information content (AvgIpc) is 2.16. The van der Waals surface area contributed by atoms with Gasteiger partial charge in [0.2, 0.25) is 0 Å². The van der Waals surface area contributed by atoms with Crippen LogP contribution in [-0.4, -0.2) is 25.2 Å². The third-order valence-electron chi connectivity index (χ3n) is 2.98. The van der Waals surface area contributed by atoms with E-state index in [4.69, 9.17) is 0 Å². The van der Waals surface area contributed by atoms with E-state index >= 15 is 0 Å². The number of hydrogen-bond donors (Lipinski definition) is 1. The molecule has 1 N–H and O–H groups in total. The number of methoxy groups -OCH3 is 1. The van der Waals surface area contributed by atoms with E-state index < -0.39 is 0 Å². The molecule has 3 nitrogen and oxygen atoms in total. The Bertz CT molecular complexity index is 194. The Labute approximate surface area is 86.2 Å². The molecule has 0 amide bonds. The van der Waals surface area contributed by atoms with Gasteiger partial charge in [-0.1, -0.05) is 19.8 Å². The SMILES string of the molecule is COC(=O)C(C)NC1CCCC(C)C1. The average molecular weight is 199 g/mol. The molecule has 0 aromatic rings. The standard InChI is InChI=1S/C11H21NO2/c1-8-5-4-6-10(7-8)12-9(2)11(13)14-3/h8-10,12H,4-7H2,1-3H3. The van der Waals surface area contributed by atoms with Crippen LogP contribution >= 0.6 is 0 Å². The van der Waals surface area contributed by atoms with E-state index in [0.717, 1.165) is 5.92 Å². The van der Waals surface area contributed by atoms with Crippen molar-refractivity contribution in [3.05, 3.63) is 0 Å². The summed E-state index contributed by atoms with van der Waals surface area (Å²) in [6.07, 6.45) is 4.96. The van der Waals surface area contributed by atoms with Crippen LogP contribution in [0.1, 0.15) is 39.5 Å². The Morgan fingerprint density at radius 3 is 2.79 bits per heavy atom. The number of ether oxygens (including phenoxy) is 1. The highest BCUT2D eigenvalue weighted by Crippen LogP contribution is 2.23. The molecule has 3 unspecified atom stereocenters. The van der Waals surface area contributed by atoms with Gasteiger partial charge >= 0.3 is 5.97 Å². The van der Waals surface area contributed by atoms with E-state index in [1.807, 2.05) is 6.92 Å². The third kappa shape index (κ3) is 3.29. The molecule has 1 aliphatic carbocycles. The predicted octanol–water partition coefficient (Wildman–Crippen LogP) is 1.72. The van der Waals surface area contributed by atoms with Gasteiger partial charge in [0.05, 0.1) is 7.11 Å². The van der Waals surface area contributed by atoms with Gasteiger partial charge in [0.15, 0.2) is 0 Å². The summed E-state index contributed by atoms with van der Waals surface area (Å²) in [5, 5.41) is 3.33. The number of carbonyl (C=O) groups excluding carboxylic acids is 1. The summed E-state index contributed by atoms with van der Waals surface area (Å²) in [7, 11) is 1.43. The van der Waals surface area contributed by atoms with Gasteiger partial charge in [-0.25, -0.2) is 0 Å². The fourth-order valence-corrected chi connectivity index (χ4v) is 2.18. The van der Waals surface area contributed by atoms with Crippen molar-refractivity contribution in [2.24, 2.45) is 5.92 Å². The quantitative estimate of drug-likeness (QED) is 0.703. The molecule has 1 saturated carbocycles. The molecular weight excluding hydrogens is 178 g/mol. The minimum atomic E-state index is -0.171. The molecular formula is C11H21NO2. The summed E-state index contributed by atoms with van der Waals surface area (Å²) in [6, 6.07) is 0.322. The van der Waals surface area contributed by atoms with Crippen LogP contribution in [0.5, 0.6) is 0 Å². The first-order chi connectivity index (χ1) is 6.63. The van der Waals surface area contributed by atoms with E-state index in [1.54, 1.807) is 0 Å². The number of hydrogen-bond acceptors (Lipinski definition) is 3. The van der Waals surface area contributed by atoms with Crippen LogP contribution in [0.15, 0.2) is 0 Å². The molecule has 1 fully saturated rings. The van der Waals surface area contributed by atoms with Gasteiger partial charge in [0.25, 0.3) is 0 Å². The van der Waals surface area contributed by atoms with Crippen molar-refractivity contribution in [1.82, 2.24) is 5.32 Å². The first-order valence-corrected chi connectivity index (χ1v) is 5.47. The van der Waals surface area contributed by atoms with Crippen molar-refractivity contribution in [3.63, 3.8) is 0 Å². The summed E-state index contributed by atoms with van der Waals surface area (Å²) in [4.78, 5) is 11.2. The van der Waals surface area contributed by atoms with E-state index in [0.29, 0.717) is 6.04 Å². The van der Waals surface area contributed by atoms with Crippen molar-refractivity contribution in [3.8, 4) is 0 Å². The summed E-state index contributed by atoms with van der Waals surface area (Å²) in [5.74, 6) is 0.620. The van der Waals surface area contributed by atoms with Crippen LogP contribution in [0.25, 0.3) is 0 Å². The van der Waals surface area contributed by atoms with Gasteiger partial charge in [-0.3, -0.25) is 4.79 Å². The van der Waals surface area contributed by atoms with Crippen LogP contribution in [0.3, 0.4) is 0 Å². The molecule has 1 aliphatic rings. The lowest BCUT2D eigenvalue weighted by Crippen LogP contribution is -2.43. The second kappa shape index (κ2) is 5.35. The van der Waals surface area contributed by atoms with Crippen molar-refractivity contribution < 1.29 is 9.53 Å². The summed E-state index contributed by atoms with van der Waals surface area (Å²) in [6.45, 7) is 4.14. The Morgan fingerprint density at radius 2 is 2.21 bits per heavy atom. The zero-order chi connectivity index (χ0) is 10.6. The Morgan fingerprint density at radius 1 is 1.50 bits per heavy atom. The molecule has 3 atom stereocenters. The zero-order valence-electron chi connectivity index (χ0n) is 9.38. The van der Waals surface area contributed by atoms with Gasteiger partial charge < -0.3 is 10.1 Å². The van der Waals surface area contributed by atoms with E-state index in [9.17, 15) is 4.79 Å². The highest BCUT2D eigenvalue weighted by molar-refractivity contribution is 5.75. The lowest BCUT2D eigenvalue weighted by atomic mass is 9.87. The monoisotopic (exact) mass is 199 g/mol. The molecule has 1 rings (SSSR count). The maximum Gasteiger partial charge on any atom is 0.322 e. The number of rotatable bonds is 3. The fraction of sp³-hybridized carbons (Fsp3) is 0.909. The van der Waals surface area contributed by atoms with Crippen molar-refractivity contribution in [1.29, 1.82) is 0 Å². The Hall–Kier alpha value is -0.570. The van der Waals surface area contributed by atoms with Crippen LogP contribution in [0.4, 0.5) is 0 Å². The van der Waals surface area contributed by atoms with E-state index in [2.05, 4.69) is 17.0 Å². The molecule has 3 heteroatoms. The van der Waals surface area contributed by atoms with Gasteiger partial charge in [-0.15, -0.1) is 0 Å². The fourth-order valence-electron chi connectivity index (χ4n) is 2.18. The largest absolute Gasteiger partial charge is 0.468 e. The van der Waals surface area contributed by atoms with Crippen LogP contribution in [-0.2, 0) is 9.53 Å². The molecule has 0 bridgehead atoms. The normalized spacial score (nSPS) is 29.6. The first kappa shape index (κ1) is 11.5. The predicted molar refractivity (Wildman–Crippen MR) is 56.0 cm³/mol. The van der Waals surface area contributed by atoms with Crippen molar-refractivity contribution in [2.75, 3.05) is 7.11 Å². The van der Waals surface area contributed by atoms with Gasteiger partial charge in [0, 0.05) is 6.04 Å². The van der Waals surface area contributed by atoms with Gasteiger partial charge in [-0.05, 0) is 25.7 Å². The second-order valence-corrected chi connectivity index (χ2v) is 4.38. The van der Waals surface area contributed by atoms with E-state index in [-0.39, 0.29) is 12.0 Å². The molecule has 0 aliphatic heterocycles. The lowest BCUT2D eigenvalue weighted by Gasteiger charge is -2.29. The molecule has 0 spiro atoms.